The summed E-state index contributed by atoms with van der Waals surface area (Å²) in [6, 6.07) is 6.22. The summed E-state index contributed by atoms with van der Waals surface area (Å²) in [5.74, 6) is 1.56. The first kappa shape index (κ1) is 27.6. The van der Waals surface area contributed by atoms with Crippen molar-refractivity contribution in [3.05, 3.63) is 35.4 Å². The van der Waals surface area contributed by atoms with Crippen LogP contribution < -0.4 is 23.7 Å². The van der Waals surface area contributed by atoms with E-state index >= 15 is 0 Å². The predicted octanol–water partition coefficient (Wildman–Crippen LogP) is 3.46. The van der Waals surface area contributed by atoms with Crippen molar-refractivity contribution in [3.8, 4) is 28.7 Å². The van der Waals surface area contributed by atoms with Crippen molar-refractivity contribution in [1.82, 2.24) is 0 Å². The second-order valence-electron chi connectivity index (χ2n) is 7.74. The van der Waals surface area contributed by atoms with Crippen LogP contribution in [0.3, 0.4) is 0 Å². The zero-order valence-electron chi connectivity index (χ0n) is 20.5. The van der Waals surface area contributed by atoms with E-state index in [1.54, 1.807) is 18.2 Å². The molecule has 10 heteroatoms. The normalized spacial score (nSPS) is 13.2. The van der Waals surface area contributed by atoms with Crippen LogP contribution in [-0.2, 0) is 9.84 Å². The molecule has 9 nitrogen and oxygen atoms in total. The highest BCUT2D eigenvalue weighted by atomic mass is 32.2. The minimum Gasteiger partial charge on any atom is -0.493 e. The zero-order chi connectivity index (χ0) is 25.5. The van der Waals surface area contributed by atoms with E-state index in [-0.39, 0.29) is 29.2 Å². The van der Waals surface area contributed by atoms with Gasteiger partial charge in [-0.2, -0.15) is 0 Å². The summed E-state index contributed by atoms with van der Waals surface area (Å²) in [5, 5.41) is 21.5. The lowest BCUT2D eigenvalue weighted by atomic mass is 9.98. The number of methoxy groups -OCH3 is 4. The number of ether oxygens (including phenoxy) is 5. The SMILES string of the molecule is CCCOc1c(OC)cc(C(O)CCC(O)c2cc(OC)c(OC)c(OC)c2)cc1S(C)(=O)=O. The van der Waals surface area contributed by atoms with Crippen molar-refractivity contribution in [2.45, 2.75) is 43.3 Å². The maximum atomic E-state index is 12.4. The van der Waals surface area contributed by atoms with Crippen molar-refractivity contribution < 1.29 is 42.3 Å². The summed E-state index contributed by atoms with van der Waals surface area (Å²) >= 11 is 0. The molecule has 0 spiro atoms. The molecule has 0 saturated carbocycles. The largest absolute Gasteiger partial charge is 0.493 e. The molecule has 34 heavy (non-hydrogen) atoms. The minimum atomic E-state index is -3.65. The third kappa shape index (κ3) is 6.46. The van der Waals surface area contributed by atoms with Crippen molar-refractivity contribution >= 4 is 9.84 Å². The molecule has 2 unspecified atom stereocenters. The third-order valence-corrected chi connectivity index (χ3v) is 6.39. The summed E-state index contributed by atoms with van der Waals surface area (Å²) in [4.78, 5) is -0.0560. The molecule has 0 aliphatic heterocycles. The van der Waals surface area contributed by atoms with Gasteiger partial charge in [0.05, 0.1) is 47.3 Å². The lowest BCUT2D eigenvalue weighted by Crippen LogP contribution is -2.09. The molecule has 0 aliphatic rings. The van der Waals surface area contributed by atoms with Gasteiger partial charge in [-0.1, -0.05) is 6.92 Å². The highest BCUT2D eigenvalue weighted by Gasteiger charge is 2.24. The molecule has 190 valence electrons. The van der Waals surface area contributed by atoms with E-state index in [0.717, 1.165) is 6.26 Å². The Morgan fingerprint density at radius 1 is 0.765 bits per heavy atom. The van der Waals surface area contributed by atoms with Crippen LogP contribution in [-0.4, -0.2) is 59.9 Å². The molecule has 0 fully saturated rings. The van der Waals surface area contributed by atoms with E-state index in [4.69, 9.17) is 23.7 Å². The molecule has 0 radical (unpaired) electrons. The molecule has 0 heterocycles. The molecule has 0 amide bonds. The van der Waals surface area contributed by atoms with E-state index in [9.17, 15) is 18.6 Å². The lowest BCUT2D eigenvalue weighted by Gasteiger charge is -2.20. The fourth-order valence-electron chi connectivity index (χ4n) is 3.51. The molecule has 0 aliphatic carbocycles. The van der Waals surface area contributed by atoms with E-state index < -0.39 is 22.0 Å². The fourth-order valence-corrected chi connectivity index (χ4v) is 4.35. The van der Waals surface area contributed by atoms with Crippen LogP contribution in [0.2, 0.25) is 0 Å². The van der Waals surface area contributed by atoms with E-state index in [2.05, 4.69) is 0 Å². The Balaban J connectivity index is 2.30. The first-order valence-corrected chi connectivity index (χ1v) is 12.7. The Morgan fingerprint density at radius 2 is 1.21 bits per heavy atom. The summed E-state index contributed by atoms with van der Waals surface area (Å²) < 4.78 is 51.7. The molecule has 2 aromatic rings. The second-order valence-corrected chi connectivity index (χ2v) is 9.72. The van der Waals surface area contributed by atoms with Crippen LogP contribution in [0.4, 0.5) is 0 Å². The Labute approximate surface area is 201 Å². The van der Waals surface area contributed by atoms with Crippen LogP contribution in [0.25, 0.3) is 0 Å². The van der Waals surface area contributed by atoms with Crippen LogP contribution >= 0.6 is 0 Å². The molecular formula is C24H34O9S. The average molecular weight is 499 g/mol. The Hall–Kier alpha value is -2.69. The molecule has 2 atom stereocenters. The van der Waals surface area contributed by atoms with Crippen molar-refractivity contribution in [1.29, 1.82) is 0 Å². The molecule has 2 rings (SSSR count). The van der Waals surface area contributed by atoms with Crippen molar-refractivity contribution in [2.75, 3.05) is 41.3 Å². The monoisotopic (exact) mass is 498 g/mol. The van der Waals surface area contributed by atoms with Gasteiger partial charge in [0.1, 0.15) is 4.90 Å². The lowest BCUT2D eigenvalue weighted by molar-refractivity contribution is 0.114. The molecule has 0 saturated heterocycles. The number of hydrogen-bond acceptors (Lipinski definition) is 9. The molecule has 0 aromatic heterocycles. The Morgan fingerprint density at radius 3 is 1.59 bits per heavy atom. The molecular weight excluding hydrogens is 464 g/mol. The third-order valence-electron chi connectivity index (χ3n) is 5.28. The standard InChI is InChI=1S/C24H34O9S/c1-7-10-33-24-21(31-4)13-16(14-22(24)34(6,27)28)18(26)9-8-17(25)15-11-19(29-2)23(32-5)20(12-15)30-3/h11-14,17-18,25-26H,7-10H2,1-6H3. The summed E-state index contributed by atoms with van der Waals surface area (Å²) in [5.41, 5.74) is 0.873. The molecule has 2 N–H and O–H groups in total. The number of aliphatic hydroxyl groups is 2. The fraction of sp³-hybridized carbons (Fsp3) is 0.500. The maximum absolute atomic E-state index is 12.4. The predicted molar refractivity (Wildman–Crippen MR) is 127 cm³/mol. The number of hydrogen-bond donors (Lipinski definition) is 2. The van der Waals surface area contributed by atoms with Gasteiger partial charge < -0.3 is 33.9 Å². The van der Waals surface area contributed by atoms with Gasteiger partial charge in [0.2, 0.25) is 5.75 Å². The highest BCUT2D eigenvalue weighted by Crippen LogP contribution is 2.41. The highest BCUT2D eigenvalue weighted by molar-refractivity contribution is 7.90. The van der Waals surface area contributed by atoms with Gasteiger partial charge in [0, 0.05) is 6.26 Å². The molecule has 0 bridgehead atoms. The number of aliphatic hydroxyl groups excluding tert-OH is 2. The van der Waals surface area contributed by atoms with Crippen LogP contribution in [0.1, 0.15) is 49.5 Å². The summed E-state index contributed by atoms with van der Waals surface area (Å²) in [7, 11) is 2.21. The van der Waals surface area contributed by atoms with Gasteiger partial charge in [-0.3, -0.25) is 0 Å². The van der Waals surface area contributed by atoms with E-state index in [0.29, 0.717) is 41.4 Å². The molecule has 2 aromatic carbocycles. The van der Waals surface area contributed by atoms with E-state index in [1.165, 1.54) is 34.5 Å². The van der Waals surface area contributed by atoms with Crippen molar-refractivity contribution in [3.63, 3.8) is 0 Å². The smallest absolute Gasteiger partial charge is 0.203 e. The summed E-state index contributed by atoms with van der Waals surface area (Å²) in [6.45, 7) is 2.23. The number of rotatable bonds is 13. The van der Waals surface area contributed by atoms with Gasteiger partial charge in [-0.25, -0.2) is 8.42 Å². The zero-order valence-corrected chi connectivity index (χ0v) is 21.3. The van der Waals surface area contributed by atoms with E-state index in [1.807, 2.05) is 6.92 Å². The van der Waals surface area contributed by atoms with Crippen LogP contribution in [0, 0.1) is 0 Å². The first-order chi connectivity index (χ1) is 16.1. The second kappa shape index (κ2) is 12.1. The van der Waals surface area contributed by atoms with Gasteiger partial charge in [-0.15, -0.1) is 0 Å². The number of benzene rings is 2. The topological polar surface area (TPSA) is 121 Å². The van der Waals surface area contributed by atoms with Crippen molar-refractivity contribution in [2.24, 2.45) is 0 Å². The Kier molecular flexibility index (Phi) is 9.84. The van der Waals surface area contributed by atoms with Crippen LogP contribution in [0.15, 0.2) is 29.2 Å². The van der Waals surface area contributed by atoms with Gasteiger partial charge >= 0.3 is 0 Å². The van der Waals surface area contributed by atoms with Gasteiger partial charge in [0.25, 0.3) is 0 Å². The number of sulfone groups is 1. The average Bonchev–Trinajstić information content (AvgIpc) is 2.83. The van der Waals surface area contributed by atoms with Crippen LogP contribution in [0.5, 0.6) is 28.7 Å². The van der Waals surface area contributed by atoms with Gasteiger partial charge in [0.15, 0.2) is 32.8 Å². The quantitative estimate of drug-likeness (QED) is 0.428. The minimum absolute atomic E-state index is 0.0560. The Bertz CT molecular complexity index is 1040. The maximum Gasteiger partial charge on any atom is 0.203 e. The van der Waals surface area contributed by atoms with Gasteiger partial charge in [-0.05, 0) is 54.7 Å². The summed E-state index contributed by atoms with van der Waals surface area (Å²) in [6.07, 6.45) is 0.114. The first-order valence-electron chi connectivity index (χ1n) is 10.8.